The Morgan fingerprint density at radius 1 is 0.788 bits per heavy atom. The molecule has 33 heavy (non-hydrogen) atoms. The maximum absolute atomic E-state index is 6.49. The Morgan fingerprint density at radius 2 is 1.58 bits per heavy atom. The standard InChI is InChI=1S/C31H27NO/c1-19-18-32-27(16-21(19)17-31(2,3)4)25-10-7-11-26-29-24-13-12-20-8-5-6-9-22(20)23(24)14-15-28(29)33-30(25)26/h5-16,18H,17H2,1-4H3. The van der Waals surface area contributed by atoms with E-state index in [-0.39, 0.29) is 5.41 Å². The molecule has 2 nitrogen and oxygen atoms in total. The van der Waals surface area contributed by atoms with Gasteiger partial charge in [0, 0.05) is 22.5 Å². The summed E-state index contributed by atoms with van der Waals surface area (Å²) in [6, 6.07) is 26.0. The number of nitrogens with zero attached hydrogens (tertiary/aromatic N) is 1. The molecule has 6 rings (SSSR count). The first-order valence-corrected chi connectivity index (χ1v) is 11.6. The quantitative estimate of drug-likeness (QED) is 0.257. The van der Waals surface area contributed by atoms with Gasteiger partial charge in [-0.3, -0.25) is 4.98 Å². The normalized spacial score (nSPS) is 12.4. The topological polar surface area (TPSA) is 26.0 Å². The lowest BCUT2D eigenvalue weighted by atomic mass is 9.86. The van der Waals surface area contributed by atoms with E-state index in [1.165, 1.54) is 38.1 Å². The number of aryl methyl sites for hydroxylation is 1. The number of para-hydroxylation sites is 1. The minimum atomic E-state index is 0.219. The van der Waals surface area contributed by atoms with Crippen LogP contribution in [-0.2, 0) is 6.42 Å². The van der Waals surface area contributed by atoms with Gasteiger partial charge in [-0.15, -0.1) is 0 Å². The summed E-state index contributed by atoms with van der Waals surface area (Å²) in [6.07, 6.45) is 3.02. The van der Waals surface area contributed by atoms with Gasteiger partial charge in [0.1, 0.15) is 11.2 Å². The summed E-state index contributed by atoms with van der Waals surface area (Å²) in [4.78, 5) is 4.80. The molecule has 4 aromatic carbocycles. The Hall–Kier alpha value is -3.65. The summed E-state index contributed by atoms with van der Waals surface area (Å²) in [5.74, 6) is 0. The second kappa shape index (κ2) is 7.18. The molecular weight excluding hydrogens is 402 g/mol. The Bertz CT molecular complexity index is 1680. The van der Waals surface area contributed by atoms with Crippen molar-refractivity contribution in [3.8, 4) is 11.3 Å². The summed E-state index contributed by atoms with van der Waals surface area (Å²) in [5, 5.41) is 7.34. The minimum absolute atomic E-state index is 0.219. The maximum atomic E-state index is 6.49. The molecule has 0 aliphatic rings. The predicted octanol–water partition coefficient (Wildman–Crippen LogP) is 8.85. The second-order valence-corrected chi connectivity index (χ2v) is 10.3. The van der Waals surface area contributed by atoms with E-state index in [4.69, 9.17) is 9.40 Å². The number of benzene rings is 4. The number of aromatic nitrogens is 1. The Morgan fingerprint density at radius 3 is 2.42 bits per heavy atom. The fourth-order valence-corrected chi connectivity index (χ4v) is 5.06. The van der Waals surface area contributed by atoms with Gasteiger partial charge >= 0.3 is 0 Å². The van der Waals surface area contributed by atoms with E-state index in [0.29, 0.717) is 0 Å². The molecule has 0 saturated carbocycles. The average Bonchev–Trinajstić information content (AvgIpc) is 3.18. The monoisotopic (exact) mass is 429 g/mol. The molecule has 0 aliphatic carbocycles. The molecule has 0 spiro atoms. The van der Waals surface area contributed by atoms with E-state index in [2.05, 4.69) is 100 Å². The van der Waals surface area contributed by atoms with Crippen molar-refractivity contribution in [2.45, 2.75) is 34.1 Å². The summed E-state index contributed by atoms with van der Waals surface area (Å²) in [6.45, 7) is 8.99. The van der Waals surface area contributed by atoms with Crippen molar-refractivity contribution in [2.24, 2.45) is 5.41 Å². The van der Waals surface area contributed by atoms with Gasteiger partial charge in [-0.2, -0.15) is 0 Å². The molecule has 0 unspecified atom stereocenters. The average molecular weight is 430 g/mol. The molecule has 2 heterocycles. The molecule has 2 heteroatoms. The smallest absolute Gasteiger partial charge is 0.144 e. The molecule has 0 fully saturated rings. The zero-order chi connectivity index (χ0) is 22.7. The van der Waals surface area contributed by atoms with E-state index in [0.717, 1.165) is 34.2 Å². The number of rotatable bonds is 2. The van der Waals surface area contributed by atoms with E-state index < -0.39 is 0 Å². The lowest BCUT2D eigenvalue weighted by Crippen LogP contribution is -2.10. The van der Waals surface area contributed by atoms with Gasteiger partial charge in [-0.25, -0.2) is 0 Å². The molecule has 0 bridgehead atoms. The summed E-state index contributed by atoms with van der Waals surface area (Å²) < 4.78 is 6.49. The highest BCUT2D eigenvalue weighted by Gasteiger charge is 2.18. The third-order valence-electron chi connectivity index (χ3n) is 6.60. The summed E-state index contributed by atoms with van der Waals surface area (Å²) in [7, 11) is 0. The third kappa shape index (κ3) is 3.29. The predicted molar refractivity (Wildman–Crippen MR) is 140 cm³/mol. The molecule has 0 aliphatic heterocycles. The summed E-state index contributed by atoms with van der Waals surface area (Å²) >= 11 is 0. The molecule has 6 aromatic rings. The van der Waals surface area contributed by atoms with Crippen LogP contribution in [0, 0.1) is 12.3 Å². The van der Waals surface area contributed by atoms with Gasteiger partial charge in [-0.1, -0.05) is 75.4 Å². The first kappa shape index (κ1) is 20.0. The zero-order valence-corrected chi connectivity index (χ0v) is 19.6. The molecule has 0 atom stereocenters. The van der Waals surface area contributed by atoms with Crippen LogP contribution in [0.4, 0.5) is 0 Å². The highest BCUT2D eigenvalue weighted by atomic mass is 16.3. The van der Waals surface area contributed by atoms with Crippen LogP contribution in [0.3, 0.4) is 0 Å². The SMILES string of the molecule is Cc1cnc(-c2cccc3c2oc2ccc4c5ccccc5ccc4c23)cc1CC(C)(C)C. The first-order chi connectivity index (χ1) is 15.9. The van der Waals surface area contributed by atoms with Crippen LogP contribution >= 0.6 is 0 Å². The van der Waals surface area contributed by atoms with Crippen molar-refractivity contribution < 1.29 is 4.42 Å². The van der Waals surface area contributed by atoms with Gasteiger partial charge in [0.2, 0.25) is 0 Å². The van der Waals surface area contributed by atoms with Crippen LogP contribution < -0.4 is 0 Å². The van der Waals surface area contributed by atoms with Crippen LogP contribution in [0.2, 0.25) is 0 Å². The van der Waals surface area contributed by atoms with Crippen molar-refractivity contribution in [1.29, 1.82) is 0 Å². The largest absolute Gasteiger partial charge is 0.455 e. The van der Waals surface area contributed by atoms with Gasteiger partial charge in [0.05, 0.1) is 5.69 Å². The molecular formula is C31H27NO. The molecule has 0 amide bonds. The molecule has 162 valence electrons. The van der Waals surface area contributed by atoms with Crippen molar-refractivity contribution in [1.82, 2.24) is 4.98 Å². The van der Waals surface area contributed by atoms with Crippen LogP contribution in [-0.4, -0.2) is 4.98 Å². The second-order valence-electron chi connectivity index (χ2n) is 10.3. The fraction of sp³-hybridized carbons (Fsp3) is 0.194. The van der Waals surface area contributed by atoms with Crippen LogP contribution in [0.15, 0.2) is 83.4 Å². The minimum Gasteiger partial charge on any atom is -0.455 e. The highest BCUT2D eigenvalue weighted by molar-refractivity contribution is 6.24. The van der Waals surface area contributed by atoms with E-state index in [1.54, 1.807) is 0 Å². The Labute approximate surface area is 193 Å². The Balaban J connectivity index is 1.62. The van der Waals surface area contributed by atoms with Crippen molar-refractivity contribution in [2.75, 3.05) is 0 Å². The molecule has 0 N–H and O–H groups in total. The van der Waals surface area contributed by atoms with E-state index in [1.807, 2.05) is 6.20 Å². The lowest BCUT2D eigenvalue weighted by molar-refractivity contribution is 0.410. The lowest BCUT2D eigenvalue weighted by Gasteiger charge is -2.20. The van der Waals surface area contributed by atoms with Crippen molar-refractivity contribution in [3.63, 3.8) is 0 Å². The van der Waals surface area contributed by atoms with E-state index >= 15 is 0 Å². The van der Waals surface area contributed by atoms with Gasteiger partial charge in [-0.05, 0) is 69.6 Å². The molecule has 0 radical (unpaired) electrons. The van der Waals surface area contributed by atoms with Gasteiger partial charge in [0.25, 0.3) is 0 Å². The first-order valence-electron chi connectivity index (χ1n) is 11.6. The zero-order valence-electron chi connectivity index (χ0n) is 19.6. The number of hydrogen-bond acceptors (Lipinski definition) is 2. The number of fused-ring (bicyclic) bond motifs is 7. The van der Waals surface area contributed by atoms with Crippen LogP contribution in [0.25, 0.3) is 54.7 Å². The van der Waals surface area contributed by atoms with Crippen molar-refractivity contribution in [3.05, 3.63) is 90.1 Å². The summed E-state index contributed by atoms with van der Waals surface area (Å²) in [5.41, 5.74) is 6.65. The van der Waals surface area contributed by atoms with Crippen LogP contribution in [0.5, 0.6) is 0 Å². The fourth-order valence-electron chi connectivity index (χ4n) is 5.06. The number of pyridine rings is 1. The molecule has 2 aromatic heterocycles. The Kier molecular flexibility index (Phi) is 4.35. The number of hydrogen-bond donors (Lipinski definition) is 0. The molecule has 0 saturated heterocycles. The van der Waals surface area contributed by atoms with Gasteiger partial charge < -0.3 is 4.42 Å². The maximum Gasteiger partial charge on any atom is 0.144 e. The number of furan rings is 1. The van der Waals surface area contributed by atoms with Gasteiger partial charge in [0.15, 0.2) is 0 Å². The highest BCUT2D eigenvalue weighted by Crippen LogP contribution is 2.40. The van der Waals surface area contributed by atoms with Crippen molar-refractivity contribution >= 4 is 43.5 Å². The third-order valence-corrected chi connectivity index (χ3v) is 6.60. The van der Waals surface area contributed by atoms with E-state index in [9.17, 15) is 0 Å². The van der Waals surface area contributed by atoms with Crippen LogP contribution in [0.1, 0.15) is 31.9 Å².